The monoisotopic (exact) mass is 377 g/mol. The summed E-state index contributed by atoms with van der Waals surface area (Å²) >= 11 is 0. The molecule has 0 bridgehead atoms. The predicted octanol–water partition coefficient (Wildman–Crippen LogP) is 4.89. The second-order valence-corrected chi connectivity index (χ2v) is 8.63. The van der Waals surface area contributed by atoms with E-state index in [0.29, 0.717) is 18.9 Å². The lowest BCUT2D eigenvalue weighted by atomic mass is 9.72. The smallest absolute Gasteiger partial charge is 0.147 e. The van der Waals surface area contributed by atoms with E-state index in [4.69, 9.17) is 4.74 Å². The van der Waals surface area contributed by atoms with Gasteiger partial charge in [0.1, 0.15) is 23.9 Å². The van der Waals surface area contributed by atoms with Crippen molar-refractivity contribution < 1.29 is 14.3 Å². The maximum absolute atomic E-state index is 12.3. The zero-order valence-corrected chi connectivity index (χ0v) is 16.8. The molecule has 1 aromatic heterocycles. The molecule has 28 heavy (non-hydrogen) atoms. The number of hydrogen-bond donors (Lipinski definition) is 0. The van der Waals surface area contributed by atoms with E-state index in [0.717, 1.165) is 28.3 Å². The van der Waals surface area contributed by atoms with E-state index >= 15 is 0 Å². The second kappa shape index (κ2) is 7.16. The van der Waals surface area contributed by atoms with Gasteiger partial charge in [-0.3, -0.25) is 14.6 Å². The number of rotatable bonds is 6. The van der Waals surface area contributed by atoms with E-state index < -0.39 is 5.41 Å². The van der Waals surface area contributed by atoms with Gasteiger partial charge in [-0.1, -0.05) is 38.1 Å². The molecule has 1 heterocycles. The van der Waals surface area contributed by atoms with Crippen molar-refractivity contribution in [2.24, 2.45) is 5.41 Å². The third-order valence-corrected chi connectivity index (χ3v) is 6.34. The minimum atomic E-state index is -0.580. The summed E-state index contributed by atoms with van der Waals surface area (Å²) in [4.78, 5) is 28.6. The highest BCUT2D eigenvalue weighted by Crippen LogP contribution is 2.44. The molecule has 2 saturated carbocycles. The number of pyridine rings is 1. The first kappa shape index (κ1) is 18.9. The molecular weight excluding hydrogens is 350 g/mol. The van der Waals surface area contributed by atoms with Crippen LogP contribution in [0.2, 0.25) is 0 Å². The first-order valence-electron chi connectivity index (χ1n) is 10.1. The molecule has 2 aliphatic carbocycles. The fraction of sp³-hybridized carbons (Fsp3) is 0.458. The van der Waals surface area contributed by atoms with Gasteiger partial charge in [0.15, 0.2) is 0 Å². The highest BCUT2D eigenvalue weighted by molar-refractivity contribution is 6.09. The quantitative estimate of drug-likeness (QED) is 0.673. The fourth-order valence-electron chi connectivity index (χ4n) is 4.12. The molecule has 4 nitrogen and oxygen atoms in total. The number of Topliss-reactive ketones (excluding diaryl/α,β-unsaturated/α-hetero) is 2. The summed E-state index contributed by atoms with van der Waals surface area (Å²) in [6, 6.07) is 12.2. The highest BCUT2D eigenvalue weighted by atomic mass is 16.5. The van der Waals surface area contributed by atoms with Crippen molar-refractivity contribution in [3.8, 4) is 5.75 Å². The summed E-state index contributed by atoms with van der Waals surface area (Å²) in [5.74, 6) is 1.62. The standard InChI is InChI=1S/C24H27NO3/c1-15-10-21(12-22(25-15)19-8-9-19)28-14-17-4-6-18(7-5-17)16(2)24(3)13-20(26)11-23(24)27/h4-7,10,12,16,19H,8-9,11,13-14H2,1-3H3. The summed E-state index contributed by atoms with van der Waals surface area (Å²) in [6.07, 6.45) is 2.88. The fourth-order valence-corrected chi connectivity index (χ4v) is 4.12. The van der Waals surface area contributed by atoms with Crippen molar-refractivity contribution in [1.82, 2.24) is 4.98 Å². The Kier molecular flexibility index (Phi) is 4.82. The molecule has 1 aromatic carbocycles. The number of carbonyl (C=O) groups excluding carboxylic acids is 2. The van der Waals surface area contributed by atoms with Gasteiger partial charge in [-0.05, 0) is 36.8 Å². The molecule has 2 atom stereocenters. The van der Waals surface area contributed by atoms with E-state index in [9.17, 15) is 9.59 Å². The number of aryl methyl sites for hydroxylation is 1. The Bertz CT molecular complexity index is 914. The van der Waals surface area contributed by atoms with Crippen molar-refractivity contribution in [3.63, 3.8) is 0 Å². The van der Waals surface area contributed by atoms with Gasteiger partial charge in [-0.25, -0.2) is 0 Å². The van der Waals surface area contributed by atoms with E-state index in [-0.39, 0.29) is 23.9 Å². The Hall–Kier alpha value is -2.49. The zero-order valence-electron chi connectivity index (χ0n) is 16.8. The molecule has 146 valence electrons. The minimum absolute atomic E-state index is 0.0189. The van der Waals surface area contributed by atoms with Crippen LogP contribution in [-0.2, 0) is 16.2 Å². The van der Waals surface area contributed by atoms with Gasteiger partial charge >= 0.3 is 0 Å². The Morgan fingerprint density at radius 3 is 2.50 bits per heavy atom. The summed E-state index contributed by atoms with van der Waals surface area (Å²) in [7, 11) is 0. The van der Waals surface area contributed by atoms with Crippen LogP contribution >= 0.6 is 0 Å². The van der Waals surface area contributed by atoms with Gasteiger partial charge in [0.05, 0.1) is 6.42 Å². The van der Waals surface area contributed by atoms with Crippen molar-refractivity contribution in [3.05, 3.63) is 58.9 Å². The van der Waals surface area contributed by atoms with Crippen LogP contribution in [0, 0.1) is 12.3 Å². The van der Waals surface area contributed by atoms with Gasteiger partial charge in [-0.2, -0.15) is 0 Å². The molecule has 0 amide bonds. The van der Waals surface area contributed by atoms with Crippen LogP contribution in [-0.4, -0.2) is 16.6 Å². The molecule has 2 fully saturated rings. The first-order chi connectivity index (χ1) is 13.3. The van der Waals surface area contributed by atoms with Gasteiger partial charge < -0.3 is 4.74 Å². The van der Waals surface area contributed by atoms with Crippen molar-refractivity contribution >= 4 is 11.6 Å². The molecular formula is C24H27NO3. The SMILES string of the molecule is Cc1cc(OCc2ccc(C(C)C3(C)CC(=O)CC3=O)cc2)cc(C2CC2)n1. The lowest BCUT2D eigenvalue weighted by molar-refractivity contribution is -0.126. The van der Waals surface area contributed by atoms with E-state index in [1.807, 2.05) is 39.0 Å². The molecule has 0 radical (unpaired) electrons. The van der Waals surface area contributed by atoms with E-state index in [2.05, 4.69) is 23.2 Å². The summed E-state index contributed by atoms with van der Waals surface area (Å²) in [5.41, 5.74) is 3.72. The average molecular weight is 377 g/mol. The zero-order chi connectivity index (χ0) is 19.9. The van der Waals surface area contributed by atoms with Crippen LogP contribution in [0.1, 0.15) is 73.9 Å². The molecule has 2 aliphatic rings. The van der Waals surface area contributed by atoms with E-state index in [1.54, 1.807) is 0 Å². The normalized spacial score (nSPS) is 23.1. The Labute approximate surface area is 166 Å². The second-order valence-electron chi connectivity index (χ2n) is 8.63. The molecule has 2 unspecified atom stereocenters. The van der Waals surface area contributed by atoms with Crippen molar-refractivity contribution in [1.29, 1.82) is 0 Å². The molecule has 4 heteroatoms. The molecule has 0 spiro atoms. The molecule has 0 N–H and O–H groups in total. The number of benzene rings is 1. The summed E-state index contributed by atoms with van der Waals surface area (Å²) in [6.45, 7) is 6.47. The summed E-state index contributed by atoms with van der Waals surface area (Å²) in [5, 5.41) is 0. The van der Waals surface area contributed by atoms with Crippen LogP contribution < -0.4 is 4.74 Å². The maximum Gasteiger partial charge on any atom is 0.147 e. The van der Waals surface area contributed by atoms with Gasteiger partial charge in [0.2, 0.25) is 0 Å². The molecule has 4 rings (SSSR count). The van der Waals surface area contributed by atoms with Gasteiger partial charge in [0, 0.05) is 41.3 Å². The molecule has 2 aromatic rings. The lowest BCUT2D eigenvalue weighted by Crippen LogP contribution is -2.28. The average Bonchev–Trinajstić information content (AvgIpc) is 3.47. The third-order valence-electron chi connectivity index (χ3n) is 6.34. The van der Waals surface area contributed by atoms with Gasteiger partial charge in [-0.15, -0.1) is 0 Å². The number of nitrogens with zero attached hydrogens (tertiary/aromatic N) is 1. The van der Waals surface area contributed by atoms with Crippen LogP contribution in [0.15, 0.2) is 36.4 Å². The molecule has 0 saturated heterocycles. The number of ketones is 2. The highest BCUT2D eigenvalue weighted by Gasteiger charge is 2.46. The number of ether oxygens (including phenoxy) is 1. The number of aromatic nitrogens is 1. The summed E-state index contributed by atoms with van der Waals surface area (Å²) < 4.78 is 6.00. The Morgan fingerprint density at radius 2 is 1.89 bits per heavy atom. The predicted molar refractivity (Wildman–Crippen MR) is 107 cm³/mol. The van der Waals surface area contributed by atoms with Crippen molar-refractivity contribution in [2.45, 2.75) is 64.9 Å². The van der Waals surface area contributed by atoms with Crippen molar-refractivity contribution in [2.75, 3.05) is 0 Å². The molecule has 0 aliphatic heterocycles. The van der Waals surface area contributed by atoms with Crippen LogP contribution in [0.5, 0.6) is 5.75 Å². The van der Waals surface area contributed by atoms with Crippen LogP contribution in [0.25, 0.3) is 0 Å². The topological polar surface area (TPSA) is 56.3 Å². The van der Waals surface area contributed by atoms with Crippen LogP contribution in [0.4, 0.5) is 0 Å². The Morgan fingerprint density at radius 1 is 1.18 bits per heavy atom. The number of carbonyl (C=O) groups is 2. The lowest BCUT2D eigenvalue weighted by Gasteiger charge is -2.29. The minimum Gasteiger partial charge on any atom is -0.489 e. The Balaban J connectivity index is 1.42. The number of hydrogen-bond acceptors (Lipinski definition) is 4. The largest absolute Gasteiger partial charge is 0.489 e. The van der Waals surface area contributed by atoms with Crippen LogP contribution in [0.3, 0.4) is 0 Å². The van der Waals surface area contributed by atoms with Gasteiger partial charge in [0.25, 0.3) is 0 Å². The maximum atomic E-state index is 12.3. The third kappa shape index (κ3) is 3.73. The first-order valence-corrected chi connectivity index (χ1v) is 10.1. The van der Waals surface area contributed by atoms with E-state index in [1.165, 1.54) is 12.8 Å².